The second kappa shape index (κ2) is 9.75. The number of halogens is 1. The van der Waals surface area contributed by atoms with Gasteiger partial charge in [-0.05, 0) is 30.5 Å². The van der Waals surface area contributed by atoms with Crippen LogP contribution in [0.3, 0.4) is 0 Å². The summed E-state index contributed by atoms with van der Waals surface area (Å²) in [5, 5.41) is 0. The molecular weight excluding hydrogens is 340 g/mol. The molecule has 2 rings (SSSR count). The van der Waals surface area contributed by atoms with Crippen LogP contribution in [0, 0.1) is 5.41 Å². The minimum Gasteiger partial charge on any atom is -0.370 e. The van der Waals surface area contributed by atoms with E-state index in [1.165, 1.54) is 0 Å². The van der Waals surface area contributed by atoms with Crippen molar-refractivity contribution in [1.29, 1.82) is 0 Å². The van der Waals surface area contributed by atoms with Crippen LogP contribution in [0.15, 0.2) is 30.3 Å². The van der Waals surface area contributed by atoms with E-state index in [4.69, 9.17) is 11.5 Å². The van der Waals surface area contributed by atoms with Gasteiger partial charge in [0.2, 0.25) is 11.8 Å². The third kappa shape index (κ3) is 6.65. The first-order valence-electron chi connectivity index (χ1n) is 8.44. The van der Waals surface area contributed by atoms with Gasteiger partial charge in [-0.15, -0.1) is 12.4 Å². The zero-order valence-electron chi connectivity index (χ0n) is 14.8. The Morgan fingerprint density at radius 3 is 2.52 bits per heavy atom. The van der Waals surface area contributed by atoms with Crippen molar-refractivity contribution in [2.75, 3.05) is 32.7 Å². The fourth-order valence-corrected chi connectivity index (χ4v) is 3.06. The maximum absolute atomic E-state index is 12.7. The maximum Gasteiger partial charge on any atom is 0.237 e. The monoisotopic (exact) mass is 368 g/mol. The molecule has 0 aromatic heterocycles. The lowest BCUT2D eigenvalue weighted by Gasteiger charge is -2.26. The van der Waals surface area contributed by atoms with E-state index < -0.39 is 5.91 Å². The summed E-state index contributed by atoms with van der Waals surface area (Å²) in [5.41, 5.74) is 12.2. The third-order valence-electron chi connectivity index (χ3n) is 4.69. The molecule has 0 bridgehead atoms. The summed E-state index contributed by atoms with van der Waals surface area (Å²) < 4.78 is 0. The highest BCUT2D eigenvalue weighted by Gasteiger charge is 2.33. The van der Waals surface area contributed by atoms with Crippen LogP contribution in [0.1, 0.15) is 25.3 Å². The number of hydrogen-bond donors (Lipinski definition) is 2. The van der Waals surface area contributed by atoms with E-state index in [2.05, 4.69) is 11.8 Å². The number of primary amides is 1. The Kier molecular flexibility index (Phi) is 8.35. The molecule has 1 aliphatic rings. The van der Waals surface area contributed by atoms with E-state index in [9.17, 15) is 9.59 Å². The number of rotatable bonds is 8. The van der Waals surface area contributed by atoms with Gasteiger partial charge in [0.25, 0.3) is 0 Å². The van der Waals surface area contributed by atoms with Gasteiger partial charge in [0, 0.05) is 26.1 Å². The van der Waals surface area contributed by atoms with E-state index in [1.54, 1.807) is 4.90 Å². The Balaban J connectivity index is 0.00000312. The molecular formula is C18H29ClN4O2. The Morgan fingerprint density at radius 1 is 1.28 bits per heavy atom. The zero-order valence-corrected chi connectivity index (χ0v) is 15.6. The average molecular weight is 369 g/mol. The first kappa shape index (κ1) is 21.4. The number of hydrogen-bond acceptors (Lipinski definition) is 4. The highest BCUT2D eigenvalue weighted by atomic mass is 35.5. The molecule has 0 spiro atoms. The smallest absolute Gasteiger partial charge is 0.237 e. The van der Waals surface area contributed by atoms with Gasteiger partial charge in [0.05, 0.1) is 6.54 Å². The Labute approximate surface area is 155 Å². The topological polar surface area (TPSA) is 92.7 Å². The Bertz CT molecular complexity index is 569. The average Bonchev–Trinajstić information content (AvgIpc) is 2.94. The summed E-state index contributed by atoms with van der Waals surface area (Å²) in [7, 11) is 0. The van der Waals surface area contributed by atoms with Crippen molar-refractivity contribution in [1.82, 2.24) is 9.80 Å². The summed E-state index contributed by atoms with van der Waals surface area (Å²) in [6.45, 7) is 5.72. The Hall–Kier alpha value is -1.63. The van der Waals surface area contributed by atoms with Crippen LogP contribution in [0.25, 0.3) is 0 Å². The van der Waals surface area contributed by atoms with E-state index >= 15 is 0 Å². The van der Waals surface area contributed by atoms with Crippen LogP contribution in [-0.2, 0) is 16.1 Å². The van der Waals surface area contributed by atoms with Gasteiger partial charge in [-0.25, -0.2) is 0 Å². The molecule has 0 saturated carbocycles. The van der Waals surface area contributed by atoms with E-state index in [0.29, 0.717) is 26.2 Å². The van der Waals surface area contributed by atoms with Gasteiger partial charge in [-0.1, -0.05) is 37.3 Å². The van der Waals surface area contributed by atoms with Crippen molar-refractivity contribution in [3.63, 3.8) is 0 Å². The summed E-state index contributed by atoms with van der Waals surface area (Å²) in [6.07, 6.45) is 1.19. The first-order valence-corrected chi connectivity index (χ1v) is 8.44. The summed E-state index contributed by atoms with van der Waals surface area (Å²) in [5.74, 6) is -0.362. The summed E-state index contributed by atoms with van der Waals surface area (Å²) in [4.78, 5) is 27.7. The summed E-state index contributed by atoms with van der Waals surface area (Å²) >= 11 is 0. The van der Waals surface area contributed by atoms with Crippen molar-refractivity contribution in [2.45, 2.75) is 26.3 Å². The van der Waals surface area contributed by atoms with Crippen LogP contribution in [0.4, 0.5) is 0 Å². The summed E-state index contributed by atoms with van der Waals surface area (Å²) in [6, 6.07) is 9.78. The number of nitrogens with zero attached hydrogens (tertiary/aromatic N) is 2. The van der Waals surface area contributed by atoms with Gasteiger partial charge < -0.3 is 16.4 Å². The predicted octanol–water partition coefficient (Wildman–Crippen LogP) is 0.983. The van der Waals surface area contributed by atoms with Crippen molar-refractivity contribution in [2.24, 2.45) is 16.9 Å². The first-order chi connectivity index (χ1) is 11.4. The number of nitrogens with two attached hydrogens (primary N) is 2. The molecule has 1 heterocycles. The minimum absolute atomic E-state index is 0. The standard InChI is InChI=1S/C18H28N4O2.ClH/c1-18(13-19)8-10-21(14-18)12-17(24)22(9-7-16(20)23)11-15-5-3-2-4-6-15;/h2-6H,7-14,19H2,1H3,(H2,20,23);1H. The lowest BCUT2D eigenvalue weighted by molar-refractivity contribution is -0.133. The highest BCUT2D eigenvalue weighted by molar-refractivity contribution is 5.85. The molecule has 25 heavy (non-hydrogen) atoms. The quantitative estimate of drug-likeness (QED) is 0.715. The Morgan fingerprint density at radius 2 is 1.96 bits per heavy atom. The molecule has 7 heteroatoms. The lowest BCUT2D eigenvalue weighted by Crippen LogP contribution is -2.41. The predicted molar refractivity (Wildman–Crippen MR) is 101 cm³/mol. The van der Waals surface area contributed by atoms with Gasteiger partial charge in [-0.3, -0.25) is 14.5 Å². The van der Waals surface area contributed by atoms with Crippen molar-refractivity contribution >= 4 is 24.2 Å². The molecule has 1 fully saturated rings. The van der Waals surface area contributed by atoms with E-state index in [0.717, 1.165) is 25.1 Å². The van der Waals surface area contributed by atoms with E-state index in [1.807, 2.05) is 30.3 Å². The molecule has 4 N–H and O–H groups in total. The van der Waals surface area contributed by atoms with Crippen molar-refractivity contribution in [3.8, 4) is 0 Å². The van der Waals surface area contributed by atoms with Gasteiger partial charge in [0.1, 0.15) is 0 Å². The van der Waals surface area contributed by atoms with Crippen LogP contribution >= 0.6 is 12.4 Å². The van der Waals surface area contributed by atoms with Gasteiger partial charge >= 0.3 is 0 Å². The molecule has 140 valence electrons. The van der Waals surface area contributed by atoms with Crippen molar-refractivity contribution in [3.05, 3.63) is 35.9 Å². The number of likely N-dealkylation sites (tertiary alicyclic amines) is 1. The molecule has 6 nitrogen and oxygen atoms in total. The minimum atomic E-state index is -0.391. The molecule has 1 atom stereocenters. The molecule has 0 aliphatic carbocycles. The van der Waals surface area contributed by atoms with Crippen LogP contribution in [0.5, 0.6) is 0 Å². The largest absolute Gasteiger partial charge is 0.370 e. The second-order valence-corrected chi connectivity index (χ2v) is 6.99. The fraction of sp³-hybridized carbons (Fsp3) is 0.556. The third-order valence-corrected chi connectivity index (χ3v) is 4.69. The van der Waals surface area contributed by atoms with Crippen LogP contribution < -0.4 is 11.5 Å². The lowest BCUT2D eigenvalue weighted by atomic mass is 9.90. The van der Waals surface area contributed by atoms with Gasteiger partial charge in [-0.2, -0.15) is 0 Å². The molecule has 1 saturated heterocycles. The second-order valence-electron chi connectivity index (χ2n) is 6.99. The number of benzene rings is 1. The number of amides is 2. The fourth-order valence-electron chi connectivity index (χ4n) is 3.06. The SMILES string of the molecule is CC1(CN)CCN(CC(=O)N(CCC(N)=O)Cc2ccccc2)C1.Cl. The molecule has 0 radical (unpaired) electrons. The van der Waals surface area contributed by atoms with Crippen molar-refractivity contribution < 1.29 is 9.59 Å². The molecule has 2 amide bonds. The van der Waals surface area contributed by atoms with Crippen LogP contribution in [-0.4, -0.2) is 54.3 Å². The zero-order chi connectivity index (χ0) is 17.6. The molecule has 1 unspecified atom stereocenters. The molecule has 1 aliphatic heterocycles. The normalized spacial score (nSPS) is 20.1. The molecule has 1 aromatic rings. The van der Waals surface area contributed by atoms with E-state index in [-0.39, 0.29) is 30.2 Å². The number of carbonyl (C=O) groups excluding carboxylic acids is 2. The maximum atomic E-state index is 12.7. The number of carbonyl (C=O) groups is 2. The van der Waals surface area contributed by atoms with Gasteiger partial charge in [0.15, 0.2) is 0 Å². The molecule has 1 aromatic carbocycles. The highest BCUT2D eigenvalue weighted by Crippen LogP contribution is 2.28. The van der Waals surface area contributed by atoms with Crippen LogP contribution in [0.2, 0.25) is 0 Å².